The van der Waals surface area contributed by atoms with Gasteiger partial charge in [-0.05, 0) is 48.2 Å². The molecule has 0 saturated carbocycles. The molecule has 8 nitrogen and oxygen atoms in total. The van der Waals surface area contributed by atoms with Crippen molar-refractivity contribution in [2.45, 2.75) is 44.1 Å². The summed E-state index contributed by atoms with van der Waals surface area (Å²) in [6.45, 7) is 4.95. The summed E-state index contributed by atoms with van der Waals surface area (Å²) in [6.07, 6.45) is -0.424. The van der Waals surface area contributed by atoms with E-state index in [1.54, 1.807) is 29.6 Å². The third kappa shape index (κ3) is 8.98. The third-order valence-corrected chi connectivity index (χ3v) is 8.67. The molecule has 1 saturated heterocycles. The van der Waals surface area contributed by atoms with Crippen LogP contribution in [0.5, 0.6) is 0 Å². The number of carbonyl (C=O) groups excluding carboxylic acids is 2. The van der Waals surface area contributed by atoms with Crippen LogP contribution in [0.4, 0.5) is 5.69 Å². The lowest BCUT2D eigenvalue weighted by atomic mass is 9.94. The van der Waals surface area contributed by atoms with Crippen molar-refractivity contribution in [1.29, 1.82) is 0 Å². The van der Waals surface area contributed by atoms with Gasteiger partial charge in [-0.15, -0.1) is 0 Å². The maximum absolute atomic E-state index is 13.9. The molecule has 0 spiro atoms. The van der Waals surface area contributed by atoms with Gasteiger partial charge in [-0.25, -0.2) is 0 Å². The second-order valence-electron chi connectivity index (χ2n) is 11.9. The fraction of sp³-hybridized carbons (Fsp3) is 0.297. The molecule has 240 valence electrons. The van der Waals surface area contributed by atoms with E-state index in [1.807, 2.05) is 85.8 Å². The number of hydrogen-bond donors (Lipinski definition) is 5. The summed E-state index contributed by atoms with van der Waals surface area (Å²) >= 11 is 4.45. The molecular formula is C37H43N5O3S. The zero-order valence-electron chi connectivity index (χ0n) is 26.3. The predicted molar refractivity (Wildman–Crippen MR) is 187 cm³/mol. The smallest absolute Gasteiger partial charge is 0.251 e. The van der Waals surface area contributed by atoms with Crippen LogP contribution in [0.15, 0.2) is 109 Å². The lowest BCUT2D eigenvalue weighted by Gasteiger charge is -2.39. The van der Waals surface area contributed by atoms with Crippen molar-refractivity contribution < 1.29 is 14.7 Å². The quantitative estimate of drug-likeness (QED) is 0.145. The van der Waals surface area contributed by atoms with Crippen LogP contribution < -0.4 is 20.3 Å². The van der Waals surface area contributed by atoms with E-state index in [0.29, 0.717) is 29.8 Å². The highest BCUT2D eigenvalue weighted by molar-refractivity contribution is 7.81. The van der Waals surface area contributed by atoms with Crippen LogP contribution >= 0.6 is 12.8 Å². The topological polar surface area (TPSA) is 96.9 Å². The molecule has 2 amide bonds. The van der Waals surface area contributed by atoms with Crippen molar-refractivity contribution in [3.05, 3.63) is 137 Å². The lowest BCUT2D eigenvalue weighted by Crippen LogP contribution is -2.61. The van der Waals surface area contributed by atoms with E-state index in [0.717, 1.165) is 30.8 Å². The molecule has 4 aromatic carbocycles. The normalized spacial score (nSPS) is 17.0. The molecule has 5 rings (SSSR count). The zero-order chi connectivity index (χ0) is 32.5. The largest absolute Gasteiger partial charge is 0.389 e. The number of hydrogen-bond acceptors (Lipinski definition) is 7. The number of aliphatic hydroxyl groups excluding tert-OH is 1. The Morgan fingerprint density at radius 2 is 1.46 bits per heavy atom. The highest BCUT2D eigenvalue weighted by Gasteiger charge is 2.33. The first-order valence-corrected chi connectivity index (χ1v) is 16.1. The molecule has 1 unspecified atom stereocenters. The van der Waals surface area contributed by atoms with E-state index in [4.69, 9.17) is 0 Å². The molecule has 4 aromatic rings. The van der Waals surface area contributed by atoms with Gasteiger partial charge in [0.25, 0.3) is 11.8 Å². The van der Waals surface area contributed by atoms with Gasteiger partial charge in [0.1, 0.15) is 0 Å². The average Bonchev–Trinajstić information content (AvgIpc) is 3.08. The van der Waals surface area contributed by atoms with Gasteiger partial charge in [0.2, 0.25) is 0 Å². The molecule has 0 bridgehead atoms. The van der Waals surface area contributed by atoms with Gasteiger partial charge in [0.15, 0.2) is 0 Å². The molecule has 1 heterocycles. The van der Waals surface area contributed by atoms with Crippen molar-refractivity contribution in [1.82, 2.24) is 20.9 Å². The summed E-state index contributed by atoms with van der Waals surface area (Å²) < 4.78 is 1.57. The van der Waals surface area contributed by atoms with Gasteiger partial charge in [-0.3, -0.25) is 14.5 Å². The van der Waals surface area contributed by atoms with Crippen molar-refractivity contribution in [3.63, 3.8) is 0 Å². The van der Waals surface area contributed by atoms with E-state index in [2.05, 4.69) is 45.8 Å². The standard InChI is InChI=1S/C37H43N5O3S/c1-26(29-16-10-5-11-17-29)39-36(44)30-21-31(23-32(22-30)41(2)46)37(45)40-33(20-27-12-6-3-7-13-27)35(43)34-25-42(19-18-38-34)24-28-14-8-4-9-15-28/h3-17,21-23,26,33-35,38,43,46H,18-20,24-25H2,1-2H3,(H,39,44)(H,40,45)/t26-,33+,34?,35+/m1/s1. The Morgan fingerprint density at radius 3 is 2.07 bits per heavy atom. The summed E-state index contributed by atoms with van der Waals surface area (Å²) in [6, 6.07) is 33.8. The van der Waals surface area contributed by atoms with Crippen molar-refractivity contribution in [2.24, 2.45) is 0 Å². The number of anilines is 1. The van der Waals surface area contributed by atoms with Crippen LogP contribution in [0, 0.1) is 0 Å². The summed E-state index contributed by atoms with van der Waals surface area (Å²) in [5.41, 5.74) is 4.45. The monoisotopic (exact) mass is 637 g/mol. The molecule has 0 aliphatic carbocycles. The molecule has 9 heteroatoms. The van der Waals surface area contributed by atoms with E-state index in [9.17, 15) is 14.7 Å². The molecular weight excluding hydrogens is 595 g/mol. The zero-order valence-corrected chi connectivity index (χ0v) is 27.2. The highest BCUT2D eigenvalue weighted by atomic mass is 32.1. The third-order valence-electron chi connectivity index (χ3n) is 8.44. The molecule has 1 fully saturated rings. The van der Waals surface area contributed by atoms with Gasteiger partial charge in [0, 0.05) is 56.1 Å². The predicted octanol–water partition coefficient (Wildman–Crippen LogP) is 4.63. The number of carbonyl (C=O) groups is 2. The number of piperazine rings is 1. The van der Waals surface area contributed by atoms with Crippen LogP contribution in [0.2, 0.25) is 0 Å². The minimum Gasteiger partial charge on any atom is -0.389 e. The summed E-state index contributed by atoms with van der Waals surface area (Å²) in [4.78, 5) is 29.6. The van der Waals surface area contributed by atoms with Crippen molar-refractivity contribution in [3.8, 4) is 0 Å². The Bertz CT molecular complexity index is 1570. The molecule has 0 radical (unpaired) electrons. The Kier molecular flexibility index (Phi) is 11.5. The van der Waals surface area contributed by atoms with Gasteiger partial charge in [0.05, 0.1) is 18.2 Å². The molecule has 46 heavy (non-hydrogen) atoms. The Balaban J connectivity index is 1.35. The fourth-order valence-electron chi connectivity index (χ4n) is 5.88. The number of nitrogens with one attached hydrogen (secondary N) is 3. The minimum absolute atomic E-state index is 0.224. The van der Waals surface area contributed by atoms with Crippen molar-refractivity contribution in [2.75, 3.05) is 31.0 Å². The highest BCUT2D eigenvalue weighted by Crippen LogP contribution is 2.22. The summed E-state index contributed by atoms with van der Waals surface area (Å²) in [7, 11) is 1.74. The van der Waals surface area contributed by atoms with E-state index in [1.165, 1.54) is 5.56 Å². The number of thiol groups is 1. The first kappa shape index (κ1) is 33.2. The van der Waals surface area contributed by atoms with Gasteiger partial charge in [-0.2, -0.15) is 0 Å². The van der Waals surface area contributed by atoms with Gasteiger partial charge >= 0.3 is 0 Å². The Labute approximate surface area is 277 Å². The maximum Gasteiger partial charge on any atom is 0.251 e. The van der Waals surface area contributed by atoms with Crippen LogP contribution in [-0.2, 0) is 13.0 Å². The SMILES string of the molecule is C[C@@H](NC(=O)c1cc(C(=O)N[C@@H](Cc2ccccc2)[C@H](O)C2CN(Cc3ccccc3)CCN2)cc(N(C)S)c1)c1ccccc1. The van der Waals surface area contributed by atoms with Crippen LogP contribution in [0.3, 0.4) is 0 Å². The summed E-state index contributed by atoms with van der Waals surface area (Å²) in [5, 5.41) is 21.4. The van der Waals surface area contributed by atoms with Crippen molar-refractivity contribution >= 4 is 30.3 Å². The van der Waals surface area contributed by atoms with E-state index < -0.39 is 12.1 Å². The minimum atomic E-state index is -0.868. The van der Waals surface area contributed by atoms with E-state index >= 15 is 0 Å². The number of amides is 2. The van der Waals surface area contributed by atoms with Crippen LogP contribution in [0.25, 0.3) is 0 Å². The molecule has 4 atom stereocenters. The fourth-order valence-corrected chi connectivity index (χ4v) is 5.99. The van der Waals surface area contributed by atoms with Crippen LogP contribution in [0.1, 0.15) is 50.4 Å². The Morgan fingerprint density at radius 1 is 0.891 bits per heavy atom. The maximum atomic E-state index is 13.9. The number of rotatable bonds is 12. The van der Waals surface area contributed by atoms with Gasteiger partial charge < -0.3 is 25.4 Å². The second-order valence-corrected chi connectivity index (χ2v) is 12.5. The molecule has 0 aromatic heterocycles. The first-order chi connectivity index (χ1) is 22.3. The molecule has 1 aliphatic rings. The van der Waals surface area contributed by atoms with Gasteiger partial charge in [-0.1, -0.05) is 104 Å². The van der Waals surface area contributed by atoms with E-state index in [-0.39, 0.29) is 23.9 Å². The number of nitrogens with zero attached hydrogens (tertiary/aromatic N) is 2. The summed E-state index contributed by atoms with van der Waals surface area (Å²) in [5.74, 6) is -0.674. The average molecular weight is 638 g/mol. The number of benzene rings is 4. The molecule has 4 N–H and O–H groups in total. The Hall–Kier alpha value is -4.15. The van der Waals surface area contributed by atoms with Crippen LogP contribution in [-0.4, -0.2) is 66.7 Å². The second kappa shape index (κ2) is 15.9. The lowest BCUT2D eigenvalue weighted by molar-refractivity contribution is 0.0464. The number of aliphatic hydroxyl groups is 1. The first-order valence-electron chi connectivity index (χ1n) is 15.7. The molecule has 1 aliphatic heterocycles.